The van der Waals surface area contributed by atoms with Crippen molar-refractivity contribution in [3.8, 4) is 0 Å². The van der Waals surface area contributed by atoms with Gasteiger partial charge in [-0.05, 0) is 36.2 Å². The molecule has 3 aromatic rings. The lowest BCUT2D eigenvalue weighted by Crippen LogP contribution is -2.00. The van der Waals surface area contributed by atoms with Crippen molar-refractivity contribution < 1.29 is 0 Å². The van der Waals surface area contributed by atoms with E-state index in [-0.39, 0.29) is 5.28 Å². The summed E-state index contributed by atoms with van der Waals surface area (Å²) in [6.45, 7) is 1.98. The van der Waals surface area contributed by atoms with Crippen LogP contribution >= 0.6 is 11.6 Å². The SMILES string of the molecule is Cc1cnc(Cl)nc1Cc1ccc2ccccc2n1. The minimum atomic E-state index is 0.279. The third-order valence-electron chi connectivity index (χ3n) is 3.05. The number of benzene rings is 1. The molecule has 0 saturated carbocycles. The van der Waals surface area contributed by atoms with Gasteiger partial charge in [0, 0.05) is 23.7 Å². The standard InChI is InChI=1S/C15H12ClN3/c1-10-9-17-15(16)19-14(10)8-12-7-6-11-4-2-3-5-13(11)18-12/h2-7,9H,8H2,1H3. The number of aryl methyl sites for hydroxylation is 1. The van der Waals surface area contributed by atoms with E-state index in [0.29, 0.717) is 6.42 Å². The molecule has 1 aromatic carbocycles. The highest BCUT2D eigenvalue weighted by atomic mass is 35.5. The van der Waals surface area contributed by atoms with E-state index in [1.807, 2.05) is 31.2 Å². The van der Waals surface area contributed by atoms with Gasteiger partial charge in [0.1, 0.15) is 0 Å². The predicted molar refractivity (Wildman–Crippen MR) is 76.3 cm³/mol. The summed E-state index contributed by atoms with van der Waals surface area (Å²) >= 11 is 5.84. The summed E-state index contributed by atoms with van der Waals surface area (Å²) in [6.07, 6.45) is 2.41. The second-order valence-electron chi connectivity index (χ2n) is 4.44. The zero-order valence-electron chi connectivity index (χ0n) is 10.5. The van der Waals surface area contributed by atoms with Crippen LogP contribution in [-0.2, 0) is 6.42 Å². The number of hydrogen-bond donors (Lipinski definition) is 0. The second kappa shape index (κ2) is 4.94. The lowest BCUT2D eigenvalue weighted by Gasteiger charge is -2.05. The van der Waals surface area contributed by atoms with Crippen LogP contribution in [0.5, 0.6) is 0 Å². The van der Waals surface area contributed by atoms with Gasteiger partial charge in [0.2, 0.25) is 5.28 Å². The molecule has 0 unspecified atom stereocenters. The molecular formula is C15H12ClN3. The minimum Gasteiger partial charge on any atom is -0.252 e. The van der Waals surface area contributed by atoms with Crippen LogP contribution in [0.2, 0.25) is 5.28 Å². The Hall–Kier alpha value is -2.00. The first-order chi connectivity index (χ1) is 9.22. The van der Waals surface area contributed by atoms with Gasteiger partial charge in [0.25, 0.3) is 0 Å². The molecule has 0 aliphatic carbocycles. The second-order valence-corrected chi connectivity index (χ2v) is 4.78. The fraction of sp³-hybridized carbons (Fsp3) is 0.133. The van der Waals surface area contributed by atoms with Gasteiger partial charge in [0.05, 0.1) is 11.2 Å². The van der Waals surface area contributed by atoms with Crippen LogP contribution in [0.1, 0.15) is 17.0 Å². The Morgan fingerprint density at radius 1 is 1.05 bits per heavy atom. The fourth-order valence-corrected chi connectivity index (χ4v) is 2.16. The van der Waals surface area contributed by atoms with Crippen molar-refractivity contribution in [2.45, 2.75) is 13.3 Å². The smallest absolute Gasteiger partial charge is 0.222 e. The first-order valence-corrected chi connectivity index (χ1v) is 6.43. The van der Waals surface area contributed by atoms with Gasteiger partial charge in [-0.2, -0.15) is 0 Å². The molecule has 3 nitrogen and oxygen atoms in total. The van der Waals surface area contributed by atoms with Crippen LogP contribution in [0.25, 0.3) is 10.9 Å². The van der Waals surface area contributed by atoms with Crippen LogP contribution in [0.15, 0.2) is 42.6 Å². The molecule has 0 spiro atoms. The number of halogens is 1. The van der Waals surface area contributed by atoms with Gasteiger partial charge in [-0.3, -0.25) is 4.98 Å². The molecule has 0 amide bonds. The number of para-hydroxylation sites is 1. The molecule has 2 aromatic heterocycles. The average molecular weight is 270 g/mol. The fourth-order valence-electron chi connectivity index (χ4n) is 2.01. The summed E-state index contributed by atoms with van der Waals surface area (Å²) < 4.78 is 0. The quantitative estimate of drug-likeness (QED) is 0.668. The number of fused-ring (bicyclic) bond motifs is 1. The number of pyridine rings is 1. The molecule has 94 valence electrons. The van der Waals surface area contributed by atoms with E-state index in [1.165, 1.54) is 0 Å². The van der Waals surface area contributed by atoms with E-state index in [0.717, 1.165) is 27.9 Å². The molecule has 4 heteroatoms. The van der Waals surface area contributed by atoms with Crippen molar-refractivity contribution in [3.05, 3.63) is 64.8 Å². The van der Waals surface area contributed by atoms with Gasteiger partial charge in [0.15, 0.2) is 0 Å². The van der Waals surface area contributed by atoms with E-state index >= 15 is 0 Å². The molecule has 0 aliphatic heterocycles. The summed E-state index contributed by atoms with van der Waals surface area (Å²) in [5.41, 5.74) is 3.93. The lowest BCUT2D eigenvalue weighted by molar-refractivity contribution is 0.970. The number of hydrogen-bond acceptors (Lipinski definition) is 3. The van der Waals surface area contributed by atoms with Crippen LogP contribution < -0.4 is 0 Å². The maximum Gasteiger partial charge on any atom is 0.222 e. The Morgan fingerprint density at radius 3 is 2.79 bits per heavy atom. The maximum atomic E-state index is 5.84. The first kappa shape index (κ1) is 12.1. The summed E-state index contributed by atoms with van der Waals surface area (Å²) in [5, 5.41) is 1.42. The van der Waals surface area contributed by atoms with Crippen LogP contribution in [0.4, 0.5) is 0 Å². The third-order valence-corrected chi connectivity index (χ3v) is 3.23. The third kappa shape index (κ3) is 2.56. The van der Waals surface area contributed by atoms with E-state index in [2.05, 4.69) is 27.1 Å². The Morgan fingerprint density at radius 2 is 1.89 bits per heavy atom. The van der Waals surface area contributed by atoms with Gasteiger partial charge in [-0.25, -0.2) is 9.97 Å². The average Bonchev–Trinajstić information content (AvgIpc) is 2.43. The van der Waals surface area contributed by atoms with E-state index < -0.39 is 0 Å². The van der Waals surface area contributed by atoms with Crippen molar-refractivity contribution in [2.75, 3.05) is 0 Å². The summed E-state index contributed by atoms with van der Waals surface area (Å²) in [6, 6.07) is 12.2. The van der Waals surface area contributed by atoms with Crippen LogP contribution in [-0.4, -0.2) is 15.0 Å². The summed E-state index contributed by atoms with van der Waals surface area (Å²) in [5.74, 6) is 0. The van der Waals surface area contributed by atoms with E-state index in [4.69, 9.17) is 11.6 Å². The zero-order valence-corrected chi connectivity index (χ0v) is 11.2. The monoisotopic (exact) mass is 269 g/mol. The summed E-state index contributed by atoms with van der Waals surface area (Å²) in [7, 11) is 0. The molecule has 19 heavy (non-hydrogen) atoms. The highest BCUT2D eigenvalue weighted by molar-refractivity contribution is 6.28. The molecule has 0 aliphatic rings. The van der Waals surface area contributed by atoms with Crippen molar-refractivity contribution >= 4 is 22.5 Å². The highest BCUT2D eigenvalue weighted by Gasteiger charge is 2.05. The van der Waals surface area contributed by atoms with E-state index in [9.17, 15) is 0 Å². The molecule has 3 rings (SSSR count). The lowest BCUT2D eigenvalue weighted by atomic mass is 10.1. The summed E-state index contributed by atoms with van der Waals surface area (Å²) in [4.78, 5) is 12.9. The van der Waals surface area contributed by atoms with Crippen LogP contribution in [0.3, 0.4) is 0 Å². The molecule has 0 N–H and O–H groups in total. The van der Waals surface area contributed by atoms with Gasteiger partial charge >= 0.3 is 0 Å². The van der Waals surface area contributed by atoms with Crippen molar-refractivity contribution in [3.63, 3.8) is 0 Å². The van der Waals surface area contributed by atoms with Gasteiger partial charge in [-0.1, -0.05) is 24.3 Å². The number of aromatic nitrogens is 3. The number of rotatable bonds is 2. The molecule has 0 atom stereocenters. The predicted octanol–water partition coefficient (Wildman–Crippen LogP) is 3.58. The molecule has 0 saturated heterocycles. The topological polar surface area (TPSA) is 38.7 Å². The molecule has 0 fully saturated rings. The van der Waals surface area contributed by atoms with E-state index in [1.54, 1.807) is 6.20 Å². The molecular weight excluding hydrogens is 258 g/mol. The Bertz CT molecular complexity index is 740. The largest absolute Gasteiger partial charge is 0.252 e. The van der Waals surface area contributed by atoms with Crippen LogP contribution in [0, 0.1) is 6.92 Å². The van der Waals surface area contributed by atoms with Crippen molar-refractivity contribution in [2.24, 2.45) is 0 Å². The first-order valence-electron chi connectivity index (χ1n) is 6.05. The van der Waals surface area contributed by atoms with Crippen molar-refractivity contribution in [1.82, 2.24) is 15.0 Å². The zero-order chi connectivity index (χ0) is 13.2. The normalized spacial score (nSPS) is 10.8. The maximum absolute atomic E-state index is 5.84. The Kier molecular flexibility index (Phi) is 3.13. The minimum absolute atomic E-state index is 0.279. The molecule has 2 heterocycles. The molecule has 0 radical (unpaired) electrons. The van der Waals surface area contributed by atoms with Crippen molar-refractivity contribution in [1.29, 1.82) is 0 Å². The Balaban J connectivity index is 1.98. The van der Waals surface area contributed by atoms with Gasteiger partial charge < -0.3 is 0 Å². The number of nitrogens with zero attached hydrogens (tertiary/aromatic N) is 3. The Labute approximate surface area is 116 Å². The van der Waals surface area contributed by atoms with Gasteiger partial charge in [-0.15, -0.1) is 0 Å². The molecule has 0 bridgehead atoms. The highest BCUT2D eigenvalue weighted by Crippen LogP contribution is 2.16.